The van der Waals surface area contributed by atoms with Crippen LogP contribution in [0.15, 0.2) is 22.1 Å². The van der Waals surface area contributed by atoms with Gasteiger partial charge in [-0.05, 0) is 59.2 Å². The predicted molar refractivity (Wildman–Crippen MR) is 120 cm³/mol. The summed E-state index contributed by atoms with van der Waals surface area (Å²) in [5.41, 5.74) is 5.34. The van der Waals surface area contributed by atoms with Crippen LogP contribution in [-0.2, 0) is 4.74 Å². The molecule has 0 radical (unpaired) electrons. The van der Waals surface area contributed by atoms with Crippen LogP contribution in [0.5, 0.6) is 0 Å². The molecule has 148 valence electrons. The van der Waals surface area contributed by atoms with Gasteiger partial charge in [-0.1, -0.05) is 56.7 Å². The van der Waals surface area contributed by atoms with Gasteiger partial charge in [0.25, 0.3) is 0 Å². The number of ether oxygens (including phenoxy) is 1. The van der Waals surface area contributed by atoms with Gasteiger partial charge in [0, 0.05) is 18.7 Å². The molecule has 5 heteroatoms. The van der Waals surface area contributed by atoms with Crippen LogP contribution in [0.1, 0.15) is 51.2 Å². The second-order valence-electron chi connectivity index (χ2n) is 8.78. The Morgan fingerprint density at radius 1 is 1.26 bits per heavy atom. The summed E-state index contributed by atoms with van der Waals surface area (Å²) in [4.78, 5) is 7.33. The Balaban J connectivity index is 1.79. The third-order valence-corrected chi connectivity index (χ3v) is 6.75. The smallest absolute Gasteiger partial charge is 0.161 e. The van der Waals surface area contributed by atoms with Crippen molar-refractivity contribution in [1.82, 2.24) is 4.98 Å². The molecule has 3 rings (SSSR count). The minimum atomic E-state index is 0.313. The molecule has 2 heterocycles. The largest absolute Gasteiger partial charge is 0.375 e. The molecule has 27 heavy (non-hydrogen) atoms. The molecule has 3 nitrogen and oxygen atoms in total. The number of rotatable bonds is 5. The topological polar surface area (TPSA) is 25.4 Å². The number of morpholine rings is 1. The highest BCUT2D eigenvalue weighted by Crippen LogP contribution is 2.41. The summed E-state index contributed by atoms with van der Waals surface area (Å²) in [6.45, 7) is 14.0. The number of aryl methyl sites for hydroxylation is 2. The molecule has 0 aliphatic carbocycles. The van der Waals surface area contributed by atoms with E-state index in [1.54, 1.807) is 11.3 Å². The highest BCUT2D eigenvalue weighted by Gasteiger charge is 2.26. The van der Waals surface area contributed by atoms with Crippen molar-refractivity contribution in [3.8, 4) is 11.3 Å². The van der Waals surface area contributed by atoms with Crippen molar-refractivity contribution in [2.45, 2.75) is 60.0 Å². The van der Waals surface area contributed by atoms with Crippen LogP contribution in [0, 0.1) is 19.3 Å². The first-order chi connectivity index (χ1) is 12.7. The molecule has 0 saturated carbocycles. The van der Waals surface area contributed by atoms with E-state index in [-0.39, 0.29) is 0 Å². The van der Waals surface area contributed by atoms with E-state index in [9.17, 15) is 0 Å². The number of hydrogen-bond donors (Lipinski definition) is 0. The third kappa shape index (κ3) is 5.33. The van der Waals surface area contributed by atoms with Crippen LogP contribution in [0.3, 0.4) is 0 Å². The highest BCUT2D eigenvalue weighted by molar-refractivity contribution is 9.11. The molecule has 1 aromatic carbocycles. The van der Waals surface area contributed by atoms with Gasteiger partial charge in [0.05, 0.1) is 12.7 Å². The average Bonchev–Trinajstić information content (AvgIpc) is 2.95. The lowest BCUT2D eigenvalue weighted by Crippen LogP contribution is -2.42. The third-order valence-electron chi connectivity index (χ3n) is 5.18. The van der Waals surface area contributed by atoms with Gasteiger partial charge in [0.1, 0.15) is 10.7 Å². The second-order valence-corrected chi connectivity index (χ2v) is 11.0. The Labute approximate surface area is 176 Å². The molecule has 1 fully saturated rings. The van der Waals surface area contributed by atoms with Gasteiger partial charge in [0.2, 0.25) is 0 Å². The lowest BCUT2D eigenvalue weighted by Gasteiger charge is -2.34. The first-order valence-corrected chi connectivity index (χ1v) is 11.4. The summed E-state index contributed by atoms with van der Waals surface area (Å²) >= 11 is 5.36. The van der Waals surface area contributed by atoms with E-state index in [2.05, 4.69) is 73.6 Å². The van der Waals surface area contributed by atoms with E-state index in [0.29, 0.717) is 11.5 Å². The molecule has 1 atom stereocenters. The van der Waals surface area contributed by atoms with Crippen molar-refractivity contribution >= 4 is 32.3 Å². The molecule has 1 aromatic heterocycles. The second kappa shape index (κ2) is 8.62. The molecule has 0 bridgehead atoms. The fourth-order valence-electron chi connectivity index (χ4n) is 3.79. The number of halogens is 1. The molecule has 0 amide bonds. The van der Waals surface area contributed by atoms with Gasteiger partial charge >= 0.3 is 0 Å². The summed E-state index contributed by atoms with van der Waals surface area (Å²) < 4.78 is 7.03. The van der Waals surface area contributed by atoms with Crippen LogP contribution >= 0.6 is 27.3 Å². The minimum Gasteiger partial charge on any atom is -0.375 e. The maximum Gasteiger partial charge on any atom is 0.161 e. The SMILES string of the molecule is Cc1cccc(C)c1-c1nc(Br)sc1N1CCOC(CCCC(C)(C)C)C1. The van der Waals surface area contributed by atoms with Gasteiger partial charge in [-0.25, -0.2) is 4.98 Å². The average molecular weight is 451 g/mol. The van der Waals surface area contributed by atoms with E-state index in [0.717, 1.165) is 35.7 Å². The number of aromatic nitrogens is 1. The molecular formula is C22H31BrN2OS. The molecule has 0 spiro atoms. The highest BCUT2D eigenvalue weighted by atomic mass is 79.9. The number of benzene rings is 1. The van der Waals surface area contributed by atoms with Gasteiger partial charge in [-0.3, -0.25) is 0 Å². The van der Waals surface area contributed by atoms with Gasteiger partial charge in [-0.15, -0.1) is 0 Å². The quantitative estimate of drug-likeness (QED) is 0.511. The first-order valence-electron chi connectivity index (χ1n) is 9.84. The van der Waals surface area contributed by atoms with Gasteiger partial charge in [0.15, 0.2) is 3.92 Å². The Morgan fingerprint density at radius 3 is 2.63 bits per heavy atom. The minimum absolute atomic E-state index is 0.313. The summed E-state index contributed by atoms with van der Waals surface area (Å²) in [6.07, 6.45) is 3.91. The predicted octanol–water partition coefficient (Wildman–Crippen LogP) is 6.61. The van der Waals surface area contributed by atoms with Crippen LogP contribution in [0.2, 0.25) is 0 Å². The van der Waals surface area contributed by atoms with E-state index in [1.165, 1.54) is 34.5 Å². The molecule has 1 saturated heterocycles. The number of thiazole rings is 1. The normalized spacial score (nSPS) is 18.1. The summed E-state index contributed by atoms with van der Waals surface area (Å²) in [6, 6.07) is 6.47. The van der Waals surface area contributed by atoms with E-state index in [4.69, 9.17) is 9.72 Å². The molecule has 0 N–H and O–H groups in total. The summed E-state index contributed by atoms with van der Waals surface area (Å²) in [7, 11) is 0. The molecule has 1 aliphatic rings. The zero-order chi connectivity index (χ0) is 19.6. The lowest BCUT2D eigenvalue weighted by atomic mass is 9.89. The van der Waals surface area contributed by atoms with Crippen molar-refractivity contribution in [3.05, 3.63) is 33.2 Å². The Bertz CT molecular complexity index is 761. The van der Waals surface area contributed by atoms with Crippen molar-refractivity contribution in [1.29, 1.82) is 0 Å². The Hall–Kier alpha value is -0.910. The number of anilines is 1. The number of hydrogen-bond acceptors (Lipinski definition) is 4. The Morgan fingerprint density at radius 2 is 1.96 bits per heavy atom. The van der Waals surface area contributed by atoms with Crippen LogP contribution < -0.4 is 4.90 Å². The molecular weight excluding hydrogens is 420 g/mol. The standard InChI is InChI=1S/C22H31BrN2OS/c1-15-8-6-9-16(2)18(15)19-20(27-21(23)24-19)25-12-13-26-17(14-25)10-7-11-22(3,4)5/h6,8-9,17H,7,10-14H2,1-5H3. The van der Waals surface area contributed by atoms with Gasteiger partial charge in [-0.2, -0.15) is 0 Å². The molecule has 1 unspecified atom stereocenters. The summed E-state index contributed by atoms with van der Waals surface area (Å²) in [5.74, 6) is 0. The first kappa shape index (κ1) is 20.8. The maximum atomic E-state index is 6.08. The van der Waals surface area contributed by atoms with Crippen LogP contribution in [0.25, 0.3) is 11.3 Å². The zero-order valence-electron chi connectivity index (χ0n) is 17.1. The van der Waals surface area contributed by atoms with E-state index in [1.807, 2.05) is 0 Å². The van der Waals surface area contributed by atoms with Crippen molar-refractivity contribution in [2.24, 2.45) is 5.41 Å². The van der Waals surface area contributed by atoms with Crippen molar-refractivity contribution in [3.63, 3.8) is 0 Å². The zero-order valence-corrected chi connectivity index (χ0v) is 19.5. The van der Waals surface area contributed by atoms with Crippen LogP contribution in [0.4, 0.5) is 5.00 Å². The fourth-order valence-corrected chi connectivity index (χ4v) is 5.26. The Kier molecular flexibility index (Phi) is 6.65. The van der Waals surface area contributed by atoms with Crippen LogP contribution in [-0.4, -0.2) is 30.8 Å². The molecule has 1 aliphatic heterocycles. The maximum absolute atomic E-state index is 6.08. The fraction of sp³-hybridized carbons (Fsp3) is 0.591. The molecule has 2 aromatic rings. The van der Waals surface area contributed by atoms with Gasteiger partial charge < -0.3 is 9.64 Å². The van der Waals surface area contributed by atoms with E-state index >= 15 is 0 Å². The number of nitrogens with zero attached hydrogens (tertiary/aromatic N) is 2. The van der Waals surface area contributed by atoms with Crippen molar-refractivity contribution in [2.75, 3.05) is 24.6 Å². The summed E-state index contributed by atoms with van der Waals surface area (Å²) in [5, 5.41) is 1.27. The lowest BCUT2D eigenvalue weighted by molar-refractivity contribution is 0.0324. The van der Waals surface area contributed by atoms with E-state index < -0.39 is 0 Å². The van der Waals surface area contributed by atoms with Crippen molar-refractivity contribution < 1.29 is 4.74 Å². The monoisotopic (exact) mass is 450 g/mol.